The van der Waals surface area contributed by atoms with Crippen molar-refractivity contribution in [1.82, 2.24) is 0 Å². The summed E-state index contributed by atoms with van der Waals surface area (Å²) >= 11 is 4.69. The molecule has 5 radical (unpaired) electrons. The van der Waals surface area contributed by atoms with Crippen LogP contribution in [0.3, 0.4) is 0 Å². The summed E-state index contributed by atoms with van der Waals surface area (Å²) in [4.78, 5) is 0.468. The first-order valence-corrected chi connectivity index (χ1v) is 2.73. The average Bonchev–Trinajstić information content (AvgIpc) is 2.12. The molecule has 0 saturated heterocycles. The number of nitrogens with two attached hydrogens (primary N) is 1. The van der Waals surface area contributed by atoms with Gasteiger partial charge in [0.05, 0.1) is 4.99 Å². The van der Waals surface area contributed by atoms with Gasteiger partial charge in [0.25, 0.3) is 0 Å². The van der Waals surface area contributed by atoms with Gasteiger partial charge in [0.2, 0.25) is 0 Å². The Labute approximate surface area is 55.3 Å². The van der Waals surface area contributed by atoms with Crippen LogP contribution in [-0.2, 0) is 0 Å². The molecule has 0 bridgehead atoms. The van der Waals surface area contributed by atoms with Gasteiger partial charge in [0, 0.05) is 5.92 Å². The van der Waals surface area contributed by atoms with Crippen molar-refractivity contribution in [3.05, 3.63) is 31.6 Å². The van der Waals surface area contributed by atoms with E-state index in [4.69, 9.17) is 18.0 Å². The molecule has 0 aliphatic heterocycles. The zero-order valence-corrected chi connectivity index (χ0v) is 5.11. The van der Waals surface area contributed by atoms with Crippen molar-refractivity contribution in [1.29, 1.82) is 0 Å². The molecule has 1 nitrogen and oxygen atoms in total. The second kappa shape index (κ2) is 2.44. The lowest BCUT2D eigenvalue weighted by atomic mass is 10.1. The molecule has 1 saturated carbocycles. The highest BCUT2D eigenvalue weighted by atomic mass is 32.1. The van der Waals surface area contributed by atoms with Crippen molar-refractivity contribution in [2.75, 3.05) is 0 Å². The summed E-state index contributed by atoms with van der Waals surface area (Å²) in [5.41, 5.74) is 5.29. The minimum atomic E-state index is 0.468. The Morgan fingerprint density at radius 1 is 1.38 bits per heavy atom. The van der Waals surface area contributed by atoms with E-state index in [-0.39, 0.29) is 0 Å². The SMILES string of the molecule is NC(=S)[C]1[CH][CH][CH][CH]1. The van der Waals surface area contributed by atoms with E-state index in [0.717, 1.165) is 5.92 Å². The van der Waals surface area contributed by atoms with Gasteiger partial charge in [-0.3, -0.25) is 0 Å². The molecule has 0 amide bonds. The topological polar surface area (TPSA) is 26.0 Å². The summed E-state index contributed by atoms with van der Waals surface area (Å²) in [6, 6.07) is 0. The normalized spacial score (nSPS) is 21.5. The van der Waals surface area contributed by atoms with Gasteiger partial charge in [0.1, 0.15) is 0 Å². The van der Waals surface area contributed by atoms with Gasteiger partial charge >= 0.3 is 0 Å². The van der Waals surface area contributed by atoms with Crippen molar-refractivity contribution >= 4 is 17.2 Å². The lowest BCUT2D eigenvalue weighted by Crippen LogP contribution is -2.16. The number of hydrogen-bond donors (Lipinski definition) is 1. The van der Waals surface area contributed by atoms with Crippen LogP contribution >= 0.6 is 12.2 Å². The van der Waals surface area contributed by atoms with Gasteiger partial charge in [-0.25, -0.2) is 0 Å². The fourth-order valence-corrected chi connectivity index (χ4v) is 0.674. The van der Waals surface area contributed by atoms with Gasteiger partial charge in [-0.1, -0.05) is 12.2 Å². The molecule has 0 aromatic heterocycles. The zero-order chi connectivity index (χ0) is 5.98. The molecule has 1 aliphatic carbocycles. The Bertz CT molecular complexity index is 94.7. The van der Waals surface area contributed by atoms with Crippen LogP contribution in [0.15, 0.2) is 0 Å². The van der Waals surface area contributed by atoms with E-state index in [1.165, 1.54) is 0 Å². The third-order valence-corrected chi connectivity index (χ3v) is 1.18. The van der Waals surface area contributed by atoms with Crippen LogP contribution in [0.5, 0.6) is 0 Å². The minimum absolute atomic E-state index is 0.468. The van der Waals surface area contributed by atoms with Gasteiger partial charge in [-0.2, -0.15) is 0 Å². The Morgan fingerprint density at radius 3 is 2.12 bits per heavy atom. The molecule has 2 N–H and O–H groups in total. The van der Waals surface area contributed by atoms with Crippen molar-refractivity contribution in [2.24, 2.45) is 5.73 Å². The lowest BCUT2D eigenvalue weighted by molar-refractivity contribution is 1.43. The molecule has 1 aliphatic rings. The van der Waals surface area contributed by atoms with E-state index in [1.807, 2.05) is 25.7 Å². The lowest BCUT2D eigenvalue weighted by Gasteiger charge is -2.00. The maximum Gasteiger partial charge on any atom is 0.0806 e. The Balaban J connectivity index is 2.35. The first-order chi connectivity index (χ1) is 3.80. The number of thiocarbonyl (C=S) groups is 1. The fraction of sp³-hybridized carbons (Fsp3) is 0. The van der Waals surface area contributed by atoms with E-state index in [1.54, 1.807) is 0 Å². The highest BCUT2D eigenvalue weighted by Gasteiger charge is 2.18. The Kier molecular flexibility index (Phi) is 1.84. The van der Waals surface area contributed by atoms with Gasteiger partial charge in [-0.15, -0.1) is 0 Å². The smallest absolute Gasteiger partial charge is 0.0806 e. The second-order valence-corrected chi connectivity index (χ2v) is 1.98. The van der Waals surface area contributed by atoms with E-state index in [9.17, 15) is 0 Å². The highest BCUT2D eigenvalue weighted by Crippen LogP contribution is 2.22. The largest absolute Gasteiger partial charge is 0.393 e. The standard InChI is InChI=1S/C6H6NS/c7-6(8)5-3-1-2-4-5/h1-4H,(H2,7,8). The molecule has 41 valence electrons. The molecule has 1 fully saturated rings. The van der Waals surface area contributed by atoms with Gasteiger partial charge in [0.15, 0.2) is 0 Å². The predicted octanol–water partition coefficient (Wildman–Crippen LogP) is 0.678. The van der Waals surface area contributed by atoms with Crippen LogP contribution in [-0.4, -0.2) is 4.99 Å². The van der Waals surface area contributed by atoms with E-state index in [0.29, 0.717) is 4.99 Å². The first-order valence-electron chi connectivity index (χ1n) is 2.32. The molecule has 8 heavy (non-hydrogen) atoms. The average molecular weight is 124 g/mol. The zero-order valence-electron chi connectivity index (χ0n) is 4.29. The Morgan fingerprint density at radius 2 is 1.88 bits per heavy atom. The van der Waals surface area contributed by atoms with Crippen molar-refractivity contribution in [2.45, 2.75) is 0 Å². The van der Waals surface area contributed by atoms with Crippen LogP contribution in [0.1, 0.15) is 0 Å². The summed E-state index contributed by atoms with van der Waals surface area (Å²) < 4.78 is 0. The number of hydrogen-bond acceptors (Lipinski definition) is 1. The quantitative estimate of drug-likeness (QED) is 0.520. The third-order valence-electron chi connectivity index (χ3n) is 0.947. The second-order valence-electron chi connectivity index (χ2n) is 1.54. The first kappa shape index (κ1) is 6.02. The predicted molar refractivity (Wildman–Crippen MR) is 37.2 cm³/mol. The Hall–Kier alpha value is -0.110. The maximum atomic E-state index is 5.29. The molecular weight excluding hydrogens is 118 g/mol. The summed E-state index contributed by atoms with van der Waals surface area (Å²) in [7, 11) is 0. The van der Waals surface area contributed by atoms with E-state index in [2.05, 4.69) is 0 Å². The number of rotatable bonds is 1. The van der Waals surface area contributed by atoms with Crippen LogP contribution in [0.25, 0.3) is 0 Å². The van der Waals surface area contributed by atoms with Crippen LogP contribution in [0.4, 0.5) is 0 Å². The van der Waals surface area contributed by atoms with Gasteiger partial charge in [-0.05, 0) is 25.7 Å². The maximum absolute atomic E-state index is 5.29. The van der Waals surface area contributed by atoms with E-state index < -0.39 is 0 Å². The van der Waals surface area contributed by atoms with Crippen LogP contribution in [0, 0.1) is 31.6 Å². The monoisotopic (exact) mass is 124 g/mol. The summed E-state index contributed by atoms with van der Waals surface area (Å²) in [5.74, 6) is 0.944. The summed E-state index contributed by atoms with van der Waals surface area (Å²) in [6.07, 6.45) is 7.60. The van der Waals surface area contributed by atoms with Crippen LogP contribution < -0.4 is 5.73 Å². The van der Waals surface area contributed by atoms with Crippen molar-refractivity contribution < 1.29 is 0 Å². The molecule has 0 aromatic carbocycles. The fourth-order valence-electron chi connectivity index (χ4n) is 0.538. The van der Waals surface area contributed by atoms with Crippen molar-refractivity contribution in [3.8, 4) is 0 Å². The highest BCUT2D eigenvalue weighted by molar-refractivity contribution is 7.80. The molecule has 0 heterocycles. The third kappa shape index (κ3) is 1.19. The molecule has 0 aromatic rings. The summed E-state index contributed by atoms with van der Waals surface area (Å²) in [5, 5.41) is 0. The molecule has 0 spiro atoms. The molecule has 2 heteroatoms. The summed E-state index contributed by atoms with van der Waals surface area (Å²) in [6.45, 7) is 0. The van der Waals surface area contributed by atoms with Gasteiger partial charge < -0.3 is 5.73 Å². The minimum Gasteiger partial charge on any atom is -0.393 e. The molecule has 0 unspecified atom stereocenters. The van der Waals surface area contributed by atoms with Crippen molar-refractivity contribution in [3.63, 3.8) is 0 Å². The molecule has 1 rings (SSSR count). The molecular formula is C6H6NS. The van der Waals surface area contributed by atoms with E-state index >= 15 is 0 Å². The van der Waals surface area contributed by atoms with Crippen LogP contribution in [0.2, 0.25) is 0 Å². The molecule has 0 atom stereocenters.